The smallest absolute Gasteiger partial charge is 0.0412 e. The van der Waals surface area contributed by atoms with Crippen LogP contribution in [0.5, 0.6) is 0 Å². The molecular formula is C13H18BrN. The lowest BCUT2D eigenvalue weighted by molar-refractivity contribution is 0.251. The first-order valence-electron chi connectivity index (χ1n) is 5.62. The van der Waals surface area contributed by atoms with Crippen LogP contribution in [-0.4, -0.2) is 0 Å². The fraction of sp³-hybridized carbons (Fsp3) is 0.538. The summed E-state index contributed by atoms with van der Waals surface area (Å²) in [5.74, 6) is 0.550. The molecule has 2 rings (SSSR count). The monoisotopic (exact) mass is 267 g/mol. The van der Waals surface area contributed by atoms with E-state index >= 15 is 0 Å². The van der Waals surface area contributed by atoms with E-state index in [1.54, 1.807) is 0 Å². The summed E-state index contributed by atoms with van der Waals surface area (Å²) in [6.45, 7) is 4.46. The minimum absolute atomic E-state index is 0.0522. The van der Waals surface area contributed by atoms with E-state index in [1.165, 1.54) is 17.5 Å². The highest BCUT2D eigenvalue weighted by molar-refractivity contribution is 9.10. The lowest BCUT2D eigenvalue weighted by atomic mass is 9.70. The maximum absolute atomic E-state index is 6.41. The van der Waals surface area contributed by atoms with Gasteiger partial charge in [-0.2, -0.15) is 0 Å². The highest BCUT2D eigenvalue weighted by atomic mass is 79.9. The van der Waals surface area contributed by atoms with Crippen LogP contribution in [-0.2, 0) is 5.54 Å². The molecule has 1 saturated carbocycles. The SMILES string of the molecule is CC(C)c1ccc(Br)cc1C1(N)CCC1. The third-order valence-corrected chi connectivity index (χ3v) is 3.91. The largest absolute Gasteiger partial charge is 0.321 e. The van der Waals surface area contributed by atoms with Gasteiger partial charge in [-0.15, -0.1) is 0 Å². The van der Waals surface area contributed by atoms with Gasteiger partial charge in [0.05, 0.1) is 0 Å². The molecule has 1 aliphatic carbocycles. The van der Waals surface area contributed by atoms with Gasteiger partial charge in [0.15, 0.2) is 0 Å². The van der Waals surface area contributed by atoms with Gasteiger partial charge in [0.25, 0.3) is 0 Å². The maximum Gasteiger partial charge on any atom is 0.0412 e. The number of rotatable bonds is 2. The van der Waals surface area contributed by atoms with E-state index in [2.05, 4.69) is 48.0 Å². The summed E-state index contributed by atoms with van der Waals surface area (Å²) in [7, 11) is 0. The third-order valence-electron chi connectivity index (χ3n) is 3.42. The summed E-state index contributed by atoms with van der Waals surface area (Å²) in [6.07, 6.45) is 3.52. The molecule has 0 amide bonds. The van der Waals surface area contributed by atoms with Crippen molar-refractivity contribution < 1.29 is 0 Å². The number of nitrogens with two attached hydrogens (primary N) is 1. The first-order valence-corrected chi connectivity index (χ1v) is 6.41. The van der Waals surface area contributed by atoms with Gasteiger partial charge in [-0.3, -0.25) is 0 Å². The summed E-state index contributed by atoms with van der Waals surface area (Å²) >= 11 is 3.54. The Morgan fingerprint density at radius 3 is 2.47 bits per heavy atom. The van der Waals surface area contributed by atoms with Gasteiger partial charge in [-0.1, -0.05) is 35.8 Å². The number of benzene rings is 1. The molecule has 0 unspecified atom stereocenters. The van der Waals surface area contributed by atoms with Crippen molar-refractivity contribution in [2.75, 3.05) is 0 Å². The summed E-state index contributed by atoms with van der Waals surface area (Å²) in [4.78, 5) is 0. The van der Waals surface area contributed by atoms with Crippen molar-refractivity contribution in [2.45, 2.75) is 44.6 Å². The van der Waals surface area contributed by atoms with Crippen molar-refractivity contribution in [1.29, 1.82) is 0 Å². The van der Waals surface area contributed by atoms with Crippen LogP contribution in [0, 0.1) is 0 Å². The zero-order valence-electron chi connectivity index (χ0n) is 9.39. The quantitative estimate of drug-likeness (QED) is 0.864. The number of hydrogen-bond acceptors (Lipinski definition) is 1. The zero-order chi connectivity index (χ0) is 11.1. The van der Waals surface area contributed by atoms with Crippen molar-refractivity contribution in [3.05, 3.63) is 33.8 Å². The molecule has 0 spiro atoms. The molecule has 1 aromatic carbocycles. The van der Waals surface area contributed by atoms with Crippen molar-refractivity contribution in [3.63, 3.8) is 0 Å². The zero-order valence-corrected chi connectivity index (χ0v) is 11.0. The van der Waals surface area contributed by atoms with Crippen LogP contribution in [0.2, 0.25) is 0 Å². The van der Waals surface area contributed by atoms with Crippen LogP contribution in [0.1, 0.15) is 50.2 Å². The highest BCUT2D eigenvalue weighted by Crippen LogP contribution is 2.42. The van der Waals surface area contributed by atoms with Crippen molar-refractivity contribution in [3.8, 4) is 0 Å². The van der Waals surface area contributed by atoms with Gasteiger partial charge in [0.2, 0.25) is 0 Å². The molecule has 1 aromatic rings. The minimum Gasteiger partial charge on any atom is -0.321 e. The first kappa shape index (κ1) is 11.2. The topological polar surface area (TPSA) is 26.0 Å². The average Bonchev–Trinajstić information content (AvgIpc) is 2.13. The summed E-state index contributed by atoms with van der Waals surface area (Å²) in [5, 5.41) is 0. The second-order valence-electron chi connectivity index (χ2n) is 4.90. The van der Waals surface area contributed by atoms with Gasteiger partial charge in [-0.05, 0) is 48.4 Å². The molecule has 2 heteroatoms. The van der Waals surface area contributed by atoms with E-state index < -0.39 is 0 Å². The minimum atomic E-state index is -0.0522. The molecule has 1 fully saturated rings. The molecule has 0 radical (unpaired) electrons. The van der Waals surface area contributed by atoms with Gasteiger partial charge in [0, 0.05) is 10.0 Å². The Morgan fingerprint density at radius 1 is 1.33 bits per heavy atom. The third kappa shape index (κ3) is 1.98. The van der Waals surface area contributed by atoms with Gasteiger partial charge in [0.1, 0.15) is 0 Å². The molecule has 0 bridgehead atoms. The van der Waals surface area contributed by atoms with Gasteiger partial charge in [-0.25, -0.2) is 0 Å². The van der Waals surface area contributed by atoms with Gasteiger partial charge >= 0.3 is 0 Å². The molecule has 0 saturated heterocycles. The Bertz CT molecular complexity index is 367. The predicted molar refractivity (Wildman–Crippen MR) is 67.9 cm³/mol. The van der Waals surface area contributed by atoms with Crippen molar-refractivity contribution in [2.24, 2.45) is 5.73 Å². The summed E-state index contributed by atoms with van der Waals surface area (Å²) < 4.78 is 1.14. The van der Waals surface area contributed by atoms with Crippen LogP contribution in [0.25, 0.3) is 0 Å². The lowest BCUT2D eigenvalue weighted by Gasteiger charge is -2.40. The normalized spacial score (nSPS) is 19.0. The molecule has 0 aliphatic heterocycles. The van der Waals surface area contributed by atoms with E-state index in [-0.39, 0.29) is 5.54 Å². The molecule has 82 valence electrons. The second-order valence-corrected chi connectivity index (χ2v) is 5.81. The molecule has 15 heavy (non-hydrogen) atoms. The van der Waals surface area contributed by atoms with Crippen LogP contribution in [0.3, 0.4) is 0 Å². The maximum atomic E-state index is 6.41. The molecule has 0 atom stereocenters. The second kappa shape index (κ2) is 3.91. The van der Waals surface area contributed by atoms with E-state index in [4.69, 9.17) is 5.73 Å². The van der Waals surface area contributed by atoms with Crippen molar-refractivity contribution >= 4 is 15.9 Å². The Morgan fingerprint density at radius 2 is 2.00 bits per heavy atom. The van der Waals surface area contributed by atoms with Crippen molar-refractivity contribution in [1.82, 2.24) is 0 Å². The Hall–Kier alpha value is -0.340. The Kier molecular flexibility index (Phi) is 2.91. The standard InChI is InChI=1S/C13H18BrN/c1-9(2)11-5-4-10(14)8-12(11)13(15)6-3-7-13/h4-5,8-9H,3,6-7,15H2,1-2H3. The molecule has 1 nitrogen and oxygen atoms in total. The highest BCUT2D eigenvalue weighted by Gasteiger charge is 2.36. The molecule has 0 aromatic heterocycles. The van der Waals surface area contributed by atoms with Crippen LogP contribution < -0.4 is 5.73 Å². The molecule has 1 aliphatic rings. The number of halogens is 1. The first-order chi connectivity index (χ1) is 7.03. The lowest BCUT2D eigenvalue weighted by Crippen LogP contribution is -2.44. The average molecular weight is 268 g/mol. The van der Waals surface area contributed by atoms with E-state index in [0.29, 0.717) is 5.92 Å². The summed E-state index contributed by atoms with van der Waals surface area (Å²) in [6, 6.07) is 6.52. The van der Waals surface area contributed by atoms with E-state index in [9.17, 15) is 0 Å². The van der Waals surface area contributed by atoms with Gasteiger partial charge < -0.3 is 5.73 Å². The molecule has 0 heterocycles. The van der Waals surface area contributed by atoms with E-state index in [1.807, 2.05) is 0 Å². The predicted octanol–water partition coefficient (Wildman–Crippen LogP) is 3.91. The van der Waals surface area contributed by atoms with Crippen LogP contribution in [0.15, 0.2) is 22.7 Å². The van der Waals surface area contributed by atoms with Crippen LogP contribution >= 0.6 is 15.9 Å². The fourth-order valence-electron chi connectivity index (χ4n) is 2.29. The van der Waals surface area contributed by atoms with E-state index in [0.717, 1.165) is 17.3 Å². The fourth-order valence-corrected chi connectivity index (χ4v) is 2.65. The van der Waals surface area contributed by atoms with Crippen LogP contribution in [0.4, 0.5) is 0 Å². The Labute approximate surface area is 100 Å². The Balaban J connectivity index is 2.47. The number of hydrogen-bond donors (Lipinski definition) is 1. The summed E-state index contributed by atoms with van der Waals surface area (Å²) in [5.41, 5.74) is 9.11. The molecular weight excluding hydrogens is 250 g/mol. The molecule has 2 N–H and O–H groups in total.